The van der Waals surface area contributed by atoms with Gasteiger partial charge < -0.3 is 9.84 Å². The maximum absolute atomic E-state index is 10.9. The molecule has 88 valence electrons. The Labute approximate surface area is 102 Å². The van der Waals surface area contributed by atoms with Crippen LogP contribution in [0, 0.1) is 6.92 Å². The summed E-state index contributed by atoms with van der Waals surface area (Å²) in [6.07, 6.45) is 2.15. The van der Waals surface area contributed by atoms with Crippen LogP contribution in [0.5, 0.6) is 0 Å². The van der Waals surface area contributed by atoms with Gasteiger partial charge in [0, 0.05) is 6.07 Å². The molecule has 0 amide bonds. The lowest BCUT2D eigenvalue weighted by Gasteiger charge is -2.07. The summed E-state index contributed by atoms with van der Waals surface area (Å²) in [5.41, 5.74) is 0.233. The van der Waals surface area contributed by atoms with Gasteiger partial charge in [-0.3, -0.25) is 4.79 Å². The molecule has 0 saturated carbocycles. The molecule has 0 aliphatic carbocycles. The van der Waals surface area contributed by atoms with E-state index in [9.17, 15) is 4.79 Å². The molecule has 0 atom stereocenters. The Hall–Kier alpha value is -1.95. The van der Waals surface area contributed by atoms with Crippen LogP contribution in [0.2, 0.25) is 5.15 Å². The molecule has 1 N–H and O–H groups in total. The van der Waals surface area contributed by atoms with Gasteiger partial charge in [0.2, 0.25) is 0 Å². The molecular weight excluding hydrogens is 244 g/mol. The zero-order valence-electron chi connectivity index (χ0n) is 8.98. The van der Waals surface area contributed by atoms with Crippen LogP contribution in [0.4, 0.5) is 5.82 Å². The molecule has 2 heterocycles. The van der Waals surface area contributed by atoms with E-state index in [1.165, 1.54) is 6.20 Å². The van der Waals surface area contributed by atoms with E-state index in [0.29, 0.717) is 30.2 Å². The van der Waals surface area contributed by atoms with E-state index in [-0.39, 0.29) is 10.7 Å². The summed E-state index contributed by atoms with van der Waals surface area (Å²) in [5.74, 6) is 1.50. The third-order valence-electron chi connectivity index (χ3n) is 2.05. The Morgan fingerprint density at radius 3 is 3.00 bits per heavy atom. The quantitative estimate of drug-likeness (QED) is 0.661. The lowest BCUT2D eigenvalue weighted by Crippen LogP contribution is -2.07. The van der Waals surface area contributed by atoms with Gasteiger partial charge in [0.15, 0.2) is 12.0 Å². The number of nitrogens with one attached hydrogen (secondary N) is 1. The fraction of sp³-hybridized carbons (Fsp3) is 0.200. The first-order chi connectivity index (χ1) is 8.20. The fourth-order valence-corrected chi connectivity index (χ4v) is 1.55. The summed E-state index contributed by atoms with van der Waals surface area (Å²) >= 11 is 5.84. The Bertz CT molecular complexity index is 527. The second-order valence-electron chi connectivity index (χ2n) is 3.27. The number of carbonyl (C=O) groups is 1. The van der Waals surface area contributed by atoms with Gasteiger partial charge in [0.25, 0.3) is 0 Å². The van der Waals surface area contributed by atoms with Crippen molar-refractivity contribution in [3.8, 4) is 0 Å². The molecule has 2 aromatic rings. The number of hydrogen-bond donors (Lipinski definition) is 1. The topological polar surface area (TPSA) is 80.9 Å². The first-order valence-electron chi connectivity index (χ1n) is 4.83. The molecule has 0 fully saturated rings. The van der Waals surface area contributed by atoms with E-state index in [0.717, 1.165) is 0 Å². The summed E-state index contributed by atoms with van der Waals surface area (Å²) in [5, 5.41) is 6.65. The molecule has 0 aromatic carbocycles. The first-order valence-corrected chi connectivity index (χ1v) is 5.21. The molecule has 0 spiro atoms. The minimum Gasteiger partial charge on any atom is -0.362 e. The SMILES string of the molecule is Cc1nc(Cl)c(C=O)c(NCc2ccno2)n1. The minimum absolute atomic E-state index is 0.132. The summed E-state index contributed by atoms with van der Waals surface area (Å²) in [7, 11) is 0. The zero-order valence-corrected chi connectivity index (χ0v) is 9.73. The van der Waals surface area contributed by atoms with Crippen molar-refractivity contribution in [1.29, 1.82) is 0 Å². The minimum atomic E-state index is 0.132. The number of rotatable bonds is 4. The molecule has 6 nitrogen and oxygen atoms in total. The van der Waals surface area contributed by atoms with Gasteiger partial charge in [0.1, 0.15) is 16.8 Å². The average Bonchev–Trinajstić information content (AvgIpc) is 2.78. The Balaban J connectivity index is 2.22. The Kier molecular flexibility index (Phi) is 3.34. The van der Waals surface area contributed by atoms with Crippen molar-refractivity contribution < 1.29 is 9.32 Å². The highest BCUT2D eigenvalue weighted by atomic mass is 35.5. The van der Waals surface area contributed by atoms with Crippen molar-refractivity contribution in [2.45, 2.75) is 13.5 Å². The zero-order chi connectivity index (χ0) is 12.3. The molecule has 0 saturated heterocycles. The molecule has 17 heavy (non-hydrogen) atoms. The van der Waals surface area contributed by atoms with Crippen molar-refractivity contribution in [2.24, 2.45) is 0 Å². The second kappa shape index (κ2) is 4.92. The number of nitrogens with zero attached hydrogens (tertiary/aromatic N) is 3. The van der Waals surface area contributed by atoms with Crippen LogP contribution in [0.1, 0.15) is 21.9 Å². The van der Waals surface area contributed by atoms with Gasteiger partial charge in [-0.1, -0.05) is 16.8 Å². The number of hydrogen-bond acceptors (Lipinski definition) is 6. The Morgan fingerprint density at radius 2 is 2.35 bits per heavy atom. The number of aromatic nitrogens is 3. The highest BCUT2D eigenvalue weighted by molar-refractivity contribution is 6.32. The van der Waals surface area contributed by atoms with E-state index in [1.54, 1.807) is 13.0 Å². The third kappa shape index (κ3) is 2.59. The summed E-state index contributed by atoms with van der Waals surface area (Å²) in [4.78, 5) is 18.9. The molecular formula is C10H9ClN4O2. The maximum atomic E-state index is 10.9. The maximum Gasteiger partial charge on any atom is 0.156 e. The predicted octanol–water partition coefficient (Wildman–Crippen LogP) is 1.85. The predicted molar refractivity (Wildman–Crippen MR) is 61.0 cm³/mol. The molecule has 0 unspecified atom stereocenters. The second-order valence-corrected chi connectivity index (χ2v) is 3.63. The smallest absolute Gasteiger partial charge is 0.156 e. The number of anilines is 1. The molecule has 7 heteroatoms. The Morgan fingerprint density at radius 1 is 1.53 bits per heavy atom. The molecule has 0 radical (unpaired) electrons. The van der Waals surface area contributed by atoms with E-state index in [2.05, 4.69) is 20.4 Å². The van der Waals surface area contributed by atoms with Crippen LogP contribution >= 0.6 is 11.6 Å². The van der Waals surface area contributed by atoms with Crippen molar-refractivity contribution in [3.05, 3.63) is 34.6 Å². The number of aldehydes is 1. The third-order valence-corrected chi connectivity index (χ3v) is 2.34. The fourth-order valence-electron chi connectivity index (χ4n) is 1.29. The van der Waals surface area contributed by atoms with Crippen LogP contribution in [0.3, 0.4) is 0 Å². The summed E-state index contributed by atoms with van der Waals surface area (Å²) in [6, 6.07) is 1.71. The monoisotopic (exact) mass is 252 g/mol. The van der Waals surface area contributed by atoms with Gasteiger partial charge in [-0.15, -0.1) is 0 Å². The van der Waals surface area contributed by atoms with Crippen LogP contribution < -0.4 is 5.32 Å². The van der Waals surface area contributed by atoms with Crippen molar-refractivity contribution >= 4 is 23.7 Å². The summed E-state index contributed by atoms with van der Waals surface area (Å²) in [6.45, 7) is 2.06. The van der Waals surface area contributed by atoms with Crippen LogP contribution in [0.25, 0.3) is 0 Å². The van der Waals surface area contributed by atoms with Crippen molar-refractivity contribution in [3.63, 3.8) is 0 Å². The summed E-state index contributed by atoms with van der Waals surface area (Å²) < 4.78 is 4.91. The normalized spacial score (nSPS) is 10.2. The largest absolute Gasteiger partial charge is 0.362 e. The average molecular weight is 253 g/mol. The van der Waals surface area contributed by atoms with Crippen LogP contribution in [-0.2, 0) is 6.54 Å². The molecule has 2 aromatic heterocycles. The highest BCUT2D eigenvalue weighted by Crippen LogP contribution is 2.19. The van der Waals surface area contributed by atoms with Gasteiger partial charge in [-0.2, -0.15) is 0 Å². The van der Waals surface area contributed by atoms with E-state index < -0.39 is 0 Å². The number of halogens is 1. The first kappa shape index (κ1) is 11.5. The van der Waals surface area contributed by atoms with Gasteiger partial charge in [-0.25, -0.2) is 9.97 Å². The van der Waals surface area contributed by atoms with E-state index >= 15 is 0 Å². The van der Waals surface area contributed by atoms with Crippen molar-refractivity contribution in [1.82, 2.24) is 15.1 Å². The van der Waals surface area contributed by atoms with E-state index in [1.807, 2.05) is 0 Å². The van der Waals surface area contributed by atoms with Gasteiger partial charge >= 0.3 is 0 Å². The number of aryl methyl sites for hydroxylation is 1. The number of carbonyl (C=O) groups excluding carboxylic acids is 1. The lowest BCUT2D eigenvalue weighted by atomic mass is 10.3. The highest BCUT2D eigenvalue weighted by Gasteiger charge is 2.11. The van der Waals surface area contributed by atoms with Gasteiger partial charge in [0.05, 0.1) is 18.3 Å². The van der Waals surface area contributed by atoms with Crippen molar-refractivity contribution in [2.75, 3.05) is 5.32 Å². The van der Waals surface area contributed by atoms with Crippen LogP contribution in [-0.4, -0.2) is 21.4 Å². The van der Waals surface area contributed by atoms with Crippen LogP contribution in [0.15, 0.2) is 16.8 Å². The van der Waals surface area contributed by atoms with E-state index in [4.69, 9.17) is 16.1 Å². The molecule has 2 rings (SSSR count). The molecule has 0 aliphatic heterocycles. The lowest BCUT2D eigenvalue weighted by molar-refractivity contribution is 0.112. The molecule has 0 bridgehead atoms. The molecule has 0 aliphatic rings. The standard InChI is InChI=1S/C10H9ClN4O2/c1-6-14-9(11)8(5-16)10(15-6)12-4-7-2-3-13-17-7/h2-3,5H,4H2,1H3,(H,12,14,15). The van der Waals surface area contributed by atoms with Gasteiger partial charge in [-0.05, 0) is 6.92 Å².